The molecule has 0 saturated heterocycles. The van der Waals surface area contributed by atoms with Crippen LogP contribution in [-0.4, -0.2) is 12.0 Å². The van der Waals surface area contributed by atoms with Crippen molar-refractivity contribution in [1.82, 2.24) is 0 Å². The lowest BCUT2D eigenvalue weighted by Gasteiger charge is -2.20. The predicted octanol–water partition coefficient (Wildman–Crippen LogP) is 1.27. The average molecular weight is 239 g/mol. The second-order valence-corrected chi connectivity index (χ2v) is 4.50. The number of ether oxygens (including phenoxy) is 1. The fourth-order valence-electron chi connectivity index (χ4n) is 1.04. The maximum atomic E-state index is 8.58. The minimum absolute atomic E-state index is 0.156. The average Bonchev–Trinajstić information content (AvgIpc) is 2.19. The fourth-order valence-corrected chi connectivity index (χ4v) is 1.04. The molecule has 0 aliphatic heterocycles. The van der Waals surface area contributed by atoms with Gasteiger partial charge in [0, 0.05) is 16.9 Å². The molecule has 0 unspecified atom stereocenters. The first-order valence-corrected chi connectivity index (χ1v) is 5.23. The maximum absolute atomic E-state index is 8.58. The summed E-state index contributed by atoms with van der Waals surface area (Å²) < 4.78 is 5.62. The summed E-state index contributed by atoms with van der Waals surface area (Å²) in [6, 6.07) is 5.44. The van der Waals surface area contributed by atoms with Crippen molar-refractivity contribution in [2.75, 3.05) is 11.5 Å². The third-order valence-corrected chi connectivity index (χ3v) is 1.83. The van der Waals surface area contributed by atoms with Crippen LogP contribution in [0, 0.1) is 0 Å². The van der Waals surface area contributed by atoms with E-state index in [4.69, 9.17) is 21.0 Å². The van der Waals surface area contributed by atoms with E-state index in [-0.39, 0.29) is 12.0 Å². The second kappa shape index (κ2) is 6.75. The minimum Gasteiger partial charge on any atom is -0.399 e. The van der Waals surface area contributed by atoms with Crippen molar-refractivity contribution in [2.45, 2.75) is 33.0 Å². The maximum Gasteiger partial charge on any atom is 0.204 e. The molecule has 6 N–H and O–H groups in total. The van der Waals surface area contributed by atoms with Crippen LogP contribution in [0.2, 0.25) is 0 Å². The van der Waals surface area contributed by atoms with Gasteiger partial charge in [-0.15, -0.1) is 0 Å². The van der Waals surface area contributed by atoms with Crippen LogP contribution in [0.1, 0.15) is 26.3 Å². The van der Waals surface area contributed by atoms with Gasteiger partial charge in [-0.3, -0.25) is 4.79 Å². The highest BCUT2D eigenvalue weighted by Crippen LogP contribution is 2.19. The van der Waals surface area contributed by atoms with E-state index in [2.05, 4.69) is 5.73 Å². The molecule has 0 atom stereocenters. The molecule has 0 saturated carbocycles. The summed E-state index contributed by atoms with van der Waals surface area (Å²) in [6.07, 6.45) is 0.250. The van der Waals surface area contributed by atoms with Gasteiger partial charge in [-0.1, -0.05) is 0 Å². The van der Waals surface area contributed by atoms with Crippen molar-refractivity contribution >= 4 is 17.8 Å². The lowest BCUT2D eigenvalue weighted by atomic mass is 10.1. The molecule has 0 aromatic heterocycles. The number of carbonyl (C=O) groups excluding carboxylic acids is 1. The van der Waals surface area contributed by atoms with Gasteiger partial charge in [0.1, 0.15) is 0 Å². The number of anilines is 2. The molecular formula is C12H21N3O2. The zero-order valence-electron chi connectivity index (χ0n) is 10.6. The Bertz CT molecular complexity index is 359. The van der Waals surface area contributed by atoms with E-state index in [9.17, 15) is 0 Å². The van der Waals surface area contributed by atoms with Gasteiger partial charge < -0.3 is 21.9 Å². The van der Waals surface area contributed by atoms with Crippen molar-refractivity contribution in [3.05, 3.63) is 23.8 Å². The number of rotatable bonds is 2. The molecule has 5 heteroatoms. The molecule has 17 heavy (non-hydrogen) atoms. The molecule has 96 valence electrons. The lowest BCUT2D eigenvalue weighted by Crippen LogP contribution is -2.19. The van der Waals surface area contributed by atoms with Crippen LogP contribution in [0.5, 0.6) is 0 Å². The summed E-state index contributed by atoms with van der Waals surface area (Å²) in [5.41, 5.74) is 17.8. The molecule has 0 spiro atoms. The number of amides is 1. The Morgan fingerprint density at radius 3 is 2.29 bits per heavy atom. The van der Waals surface area contributed by atoms with Crippen LogP contribution in [0.3, 0.4) is 0 Å². The van der Waals surface area contributed by atoms with Gasteiger partial charge in [-0.25, -0.2) is 0 Å². The van der Waals surface area contributed by atoms with E-state index in [0.29, 0.717) is 12.3 Å². The normalized spacial score (nSPS) is 10.3. The molecule has 1 rings (SSSR count). The van der Waals surface area contributed by atoms with Gasteiger partial charge in [-0.05, 0) is 39.0 Å². The molecule has 1 aromatic rings. The van der Waals surface area contributed by atoms with E-state index in [1.807, 2.05) is 26.8 Å². The Hall–Kier alpha value is -1.75. The number of primary amides is 1. The summed E-state index contributed by atoms with van der Waals surface area (Å²) in [5, 5.41) is 0. The lowest BCUT2D eigenvalue weighted by molar-refractivity contribution is -0.106. The molecule has 0 heterocycles. The number of hydrogen-bond donors (Lipinski definition) is 3. The van der Waals surface area contributed by atoms with Crippen molar-refractivity contribution in [3.63, 3.8) is 0 Å². The molecule has 0 aliphatic rings. The van der Waals surface area contributed by atoms with Gasteiger partial charge in [0.15, 0.2) is 0 Å². The SMILES string of the molecule is CC(C)(C)OCc1cc(N)ccc1N.NC=O. The van der Waals surface area contributed by atoms with E-state index >= 15 is 0 Å². The highest BCUT2D eigenvalue weighted by atomic mass is 16.5. The fraction of sp³-hybridized carbons (Fsp3) is 0.417. The van der Waals surface area contributed by atoms with E-state index in [1.54, 1.807) is 12.1 Å². The van der Waals surface area contributed by atoms with Crippen molar-refractivity contribution < 1.29 is 9.53 Å². The highest BCUT2D eigenvalue weighted by Gasteiger charge is 2.11. The first kappa shape index (κ1) is 15.2. The first-order chi connectivity index (χ1) is 7.80. The highest BCUT2D eigenvalue weighted by molar-refractivity contribution is 5.54. The van der Waals surface area contributed by atoms with Crippen molar-refractivity contribution in [3.8, 4) is 0 Å². The van der Waals surface area contributed by atoms with E-state index < -0.39 is 0 Å². The van der Waals surface area contributed by atoms with Crippen LogP contribution in [0.15, 0.2) is 18.2 Å². The molecule has 0 bridgehead atoms. The summed E-state index contributed by atoms with van der Waals surface area (Å²) in [4.78, 5) is 8.58. The zero-order valence-corrected chi connectivity index (χ0v) is 10.6. The van der Waals surface area contributed by atoms with Crippen LogP contribution in [0.25, 0.3) is 0 Å². The first-order valence-electron chi connectivity index (χ1n) is 5.23. The van der Waals surface area contributed by atoms with Crippen LogP contribution in [0.4, 0.5) is 11.4 Å². The number of nitrogen functional groups attached to an aromatic ring is 2. The quantitative estimate of drug-likeness (QED) is 0.534. The predicted molar refractivity (Wildman–Crippen MR) is 70.1 cm³/mol. The third kappa shape index (κ3) is 7.19. The Labute approximate surface area is 102 Å². The van der Waals surface area contributed by atoms with Gasteiger partial charge in [0.2, 0.25) is 6.41 Å². The molecule has 1 aromatic carbocycles. The van der Waals surface area contributed by atoms with Gasteiger partial charge in [-0.2, -0.15) is 0 Å². The molecule has 1 amide bonds. The van der Waals surface area contributed by atoms with Gasteiger partial charge in [0.05, 0.1) is 12.2 Å². The number of hydrogen-bond acceptors (Lipinski definition) is 4. The van der Waals surface area contributed by atoms with Crippen LogP contribution in [-0.2, 0) is 16.1 Å². The number of benzene rings is 1. The zero-order chi connectivity index (χ0) is 13.5. The topological polar surface area (TPSA) is 104 Å². The molecule has 0 radical (unpaired) electrons. The molecule has 0 fully saturated rings. The number of nitrogens with two attached hydrogens (primary N) is 3. The number of carbonyl (C=O) groups is 1. The Kier molecular flexibility index (Phi) is 6.06. The van der Waals surface area contributed by atoms with Crippen molar-refractivity contribution in [1.29, 1.82) is 0 Å². The second-order valence-electron chi connectivity index (χ2n) is 4.50. The van der Waals surface area contributed by atoms with Gasteiger partial charge in [0.25, 0.3) is 0 Å². The Morgan fingerprint density at radius 1 is 1.29 bits per heavy atom. The summed E-state index contributed by atoms with van der Waals surface area (Å²) in [6.45, 7) is 6.53. The standard InChI is InChI=1S/C11H18N2O.CH3NO/c1-11(2,3)14-7-8-6-9(12)4-5-10(8)13;2-1-3/h4-6H,7,12-13H2,1-3H3;1H,(H2,2,3). The van der Waals surface area contributed by atoms with Crippen molar-refractivity contribution in [2.24, 2.45) is 5.73 Å². The monoisotopic (exact) mass is 239 g/mol. The van der Waals surface area contributed by atoms with E-state index in [1.165, 1.54) is 0 Å². The summed E-state index contributed by atoms with van der Waals surface area (Å²) >= 11 is 0. The molecular weight excluding hydrogens is 218 g/mol. The smallest absolute Gasteiger partial charge is 0.204 e. The van der Waals surface area contributed by atoms with Gasteiger partial charge >= 0.3 is 0 Å². The Morgan fingerprint density at radius 2 is 1.82 bits per heavy atom. The van der Waals surface area contributed by atoms with Crippen LogP contribution < -0.4 is 17.2 Å². The molecule has 0 aliphatic carbocycles. The minimum atomic E-state index is -0.156. The molecule has 5 nitrogen and oxygen atoms in total. The largest absolute Gasteiger partial charge is 0.399 e. The Balaban J connectivity index is 0.000000770. The summed E-state index contributed by atoms with van der Waals surface area (Å²) in [5.74, 6) is 0. The summed E-state index contributed by atoms with van der Waals surface area (Å²) in [7, 11) is 0. The van der Waals surface area contributed by atoms with Crippen LogP contribution >= 0.6 is 0 Å². The third-order valence-electron chi connectivity index (χ3n) is 1.83. The van der Waals surface area contributed by atoms with E-state index in [0.717, 1.165) is 11.3 Å².